The monoisotopic (exact) mass is 355 g/mol. The Bertz CT molecular complexity index is 501. The summed E-state index contributed by atoms with van der Waals surface area (Å²) in [5.74, 6) is -0.716. The zero-order chi connectivity index (χ0) is 17.1. The molecule has 0 aliphatic carbocycles. The van der Waals surface area contributed by atoms with E-state index < -0.39 is 5.97 Å². The fourth-order valence-electron chi connectivity index (χ4n) is 2.57. The van der Waals surface area contributed by atoms with E-state index in [0.717, 1.165) is 24.6 Å². The normalized spacial score (nSPS) is 17.2. The van der Waals surface area contributed by atoms with Gasteiger partial charge < -0.3 is 14.8 Å². The van der Waals surface area contributed by atoms with E-state index in [4.69, 9.17) is 4.74 Å². The Balaban J connectivity index is 0.000000655. The molecular weight excluding hydrogens is 330 g/mol. The quantitative estimate of drug-likeness (QED) is 0.664. The molecule has 0 spiro atoms. The van der Waals surface area contributed by atoms with Crippen molar-refractivity contribution in [1.29, 1.82) is 0 Å². The number of carbonyl (C=O) groups excluding carboxylic acids is 2. The van der Waals surface area contributed by atoms with Gasteiger partial charge in [-0.1, -0.05) is 43.3 Å². The molecule has 0 amide bonds. The number of benzene rings is 1. The Hall–Kier alpha value is -1.85. The number of rotatable bonds is 4. The topological polar surface area (TPSA) is 64.6 Å². The van der Waals surface area contributed by atoms with Crippen molar-refractivity contribution in [2.45, 2.75) is 31.2 Å². The van der Waals surface area contributed by atoms with Crippen LogP contribution in [0.4, 0.5) is 0 Å². The number of halogens is 1. The fourth-order valence-corrected chi connectivity index (χ4v) is 2.57. The first-order chi connectivity index (χ1) is 11.1. The van der Waals surface area contributed by atoms with Crippen molar-refractivity contribution in [2.75, 3.05) is 20.8 Å². The summed E-state index contributed by atoms with van der Waals surface area (Å²) >= 11 is 0. The van der Waals surface area contributed by atoms with Gasteiger partial charge in [0.25, 0.3) is 0 Å². The number of esters is 2. The summed E-state index contributed by atoms with van der Waals surface area (Å²) in [4.78, 5) is 21.8. The van der Waals surface area contributed by atoms with E-state index in [9.17, 15) is 9.59 Å². The molecule has 1 aromatic rings. The van der Waals surface area contributed by atoms with Crippen LogP contribution < -0.4 is 5.32 Å². The predicted molar refractivity (Wildman–Crippen MR) is 96.3 cm³/mol. The average Bonchev–Trinajstić information content (AvgIpc) is 2.63. The highest BCUT2D eigenvalue weighted by atomic mass is 35.5. The van der Waals surface area contributed by atoms with Crippen molar-refractivity contribution in [1.82, 2.24) is 5.32 Å². The maximum atomic E-state index is 11.9. The van der Waals surface area contributed by atoms with Crippen LogP contribution in [-0.2, 0) is 19.1 Å². The molecule has 6 heteroatoms. The molecule has 134 valence electrons. The molecule has 0 saturated carbocycles. The van der Waals surface area contributed by atoms with E-state index in [-0.39, 0.29) is 30.3 Å². The summed E-state index contributed by atoms with van der Waals surface area (Å²) in [6, 6.07) is 10.1. The van der Waals surface area contributed by atoms with Gasteiger partial charge in [0, 0.05) is 12.1 Å². The highest BCUT2D eigenvalue weighted by Crippen LogP contribution is 2.26. The van der Waals surface area contributed by atoms with Crippen LogP contribution >= 0.6 is 12.4 Å². The van der Waals surface area contributed by atoms with Gasteiger partial charge in [0.05, 0.1) is 20.1 Å². The Morgan fingerprint density at radius 2 is 1.88 bits per heavy atom. The van der Waals surface area contributed by atoms with Gasteiger partial charge in [0.2, 0.25) is 0 Å². The van der Waals surface area contributed by atoms with Gasteiger partial charge in [-0.2, -0.15) is 0 Å². The summed E-state index contributed by atoms with van der Waals surface area (Å²) in [5, 5.41) is 3.43. The Labute approximate surface area is 149 Å². The maximum absolute atomic E-state index is 11.9. The zero-order valence-corrected chi connectivity index (χ0v) is 15.0. The molecule has 1 aliphatic rings. The van der Waals surface area contributed by atoms with Crippen LogP contribution in [0.5, 0.6) is 0 Å². The van der Waals surface area contributed by atoms with Gasteiger partial charge in [-0.3, -0.25) is 4.79 Å². The van der Waals surface area contributed by atoms with Crippen molar-refractivity contribution in [3.63, 3.8) is 0 Å². The smallest absolute Gasteiger partial charge is 0.329 e. The lowest BCUT2D eigenvalue weighted by Gasteiger charge is -2.29. The summed E-state index contributed by atoms with van der Waals surface area (Å²) in [7, 11) is 2.77. The molecule has 1 aromatic carbocycles. The van der Waals surface area contributed by atoms with Crippen molar-refractivity contribution in [2.24, 2.45) is 0 Å². The third-order valence-electron chi connectivity index (χ3n) is 3.73. The molecular formula is C18H26ClNO4. The Morgan fingerprint density at radius 1 is 1.21 bits per heavy atom. The van der Waals surface area contributed by atoms with E-state index in [2.05, 4.69) is 16.6 Å². The van der Waals surface area contributed by atoms with E-state index >= 15 is 0 Å². The van der Waals surface area contributed by atoms with Crippen LogP contribution in [0.2, 0.25) is 0 Å². The summed E-state index contributed by atoms with van der Waals surface area (Å²) < 4.78 is 9.08. The number of hydrogen-bond acceptors (Lipinski definition) is 5. The van der Waals surface area contributed by atoms with Crippen molar-refractivity contribution < 1.29 is 19.1 Å². The molecule has 24 heavy (non-hydrogen) atoms. The minimum atomic E-state index is -0.394. The van der Waals surface area contributed by atoms with Gasteiger partial charge >= 0.3 is 11.9 Å². The first-order valence-corrected chi connectivity index (χ1v) is 7.70. The molecule has 5 nitrogen and oxygen atoms in total. The second kappa shape index (κ2) is 12.6. The highest BCUT2D eigenvalue weighted by Gasteiger charge is 2.31. The summed E-state index contributed by atoms with van der Waals surface area (Å²) in [5.41, 5.74) is 1.04. The number of nitrogens with one attached hydrogen (secondary N) is 1. The van der Waals surface area contributed by atoms with Gasteiger partial charge in [0.15, 0.2) is 0 Å². The summed E-state index contributed by atoms with van der Waals surface area (Å²) in [6.45, 7) is 4.15. The number of ether oxygens (including phenoxy) is 2. The average molecular weight is 356 g/mol. The fraction of sp³-hybridized carbons (Fsp3) is 0.444. The van der Waals surface area contributed by atoms with Crippen LogP contribution in [0.25, 0.3) is 0 Å². The first kappa shape index (κ1) is 22.1. The molecule has 0 aromatic heterocycles. The lowest BCUT2D eigenvalue weighted by Crippen LogP contribution is -2.42. The SMILES string of the molecule is C=CC(=O)OC.COC(=O)C(c1ccccc1)C1CCCCN1.Cl. The number of hydrogen-bond donors (Lipinski definition) is 1. The molecule has 2 unspecified atom stereocenters. The molecule has 1 N–H and O–H groups in total. The minimum Gasteiger partial charge on any atom is -0.469 e. The first-order valence-electron chi connectivity index (χ1n) is 7.70. The Kier molecular flexibility index (Phi) is 11.6. The lowest BCUT2D eigenvalue weighted by atomic mass is 9.86. The number of methoxy groups -OCH3 is 2. The van der Waals surface area contributed by atoms with Crippen LogP contribution in [0.3, 0.4) is 0 Å². The largest absolute Gasteiger partial charge is 0.469 e. The third-order valence-corrected chi connectivity index (χ3v) is 3.73. The summed E-state index contributed by atoms with van der Waals surface area (Å²) in [6.07, 6.45) is 4.52. The standard InChI is InChI=1S/C14H19NO2.C4H6O2.ClH/c1-17-14(16)13(11-7-3-2-4-8-11)12-9-5-6-10-15-12;1-3-4(5)6-2;/h2-4,7-8,12-13,15H,5-6,9-10H2,1H3;3H,1H2,2H3;1H. The number of carbonyl (C=O) groups is 2. The molecule has 1 aliphatic heterocycles. The van der Waals surface area contributed by atoms with Crippen LogP contribution in [0.1, 0.15) is 30.7 Å². The van der Waals surface area contributed by atoms with E-state index in [1.54, 1.807) is 0 Å². The molecule has 0 radical (unpaired) electrons. The highest BCUT2D eigenvalue weighted by molar-refractivity contribution is 5.85. The zero-order valence-electron chi connectivity index (χ0n) is 14.2. The second-order valence-electron chi connectivity index (χ2n) is 5.20. The van der Waals surface area contributed by atoms with Crippen LogP contribution in [0, 0.1) is 0 Å². The van der Waals surface area contributed by atoms with E-state index in [1.807, 2.05) is 30.3 Å². The second-order valence-corrected chi connectivity index (χ2v) is 5.20. The maximum Gasteiger partial charge on any atom is 0.329 e. The Morgan fingerprint density at radius 3 is 2.29 bits per heavy atom. The molecule has 2 atom stereocenters. The van der Waals surface area contributed by atoms with E-state index in [1.165, 1.54) is 27.1 Å². The molecule has 1 heterocycles. The van der Waals surface area contributed by atoms with E-state index in [0.29, 0.717) is 0 Å². The van der Waals surface area contributed by atoms with Crippen LogP contribution in [0.15, 0.2) is 43.0 Å². The van der Waals surface area contributed by atoms with Crippen molar-refractivity contribution in [3.8, 4) is 0 Å². The van der Waals surface area contributed by atoms with Gasteiger partial charge in [-0.25, -0.2) is 4.79 Å². The van der Waals surface area contributed by atoms with Gasteiger partial charge in [-0.15, -0.1) is 12.4 Å². The van der Waals surface area contributed by atoms with Crippen molar-refractivity contribution in [3.05, 3.63) is 48.6 Å². The third kappa shape index (κ3) is 7.15. The lowest BCUT2D eigenvalue weighted by molar-refractivity contribution is -0.143. The van der Waals surface area contributed by atoms with Gasteiger partial charge in [-0.05, 0) is 24.9 Å². The molecule has 2 rings (SSSR count). The number of piperidine rings is 1. The molecule has 1 fully saturated rings. The van der Waals surface area contributed by atoms with Gasteiger partial charge in [0.1, 0.15) is 0 Å². The molecule has 1 saturated heterocycles. The van der Waals surface area contributed by atoms with Crippen molar-refractivity contribution >= 4 is 24.3 Å². The van der Waals surface area contributed by atoms with Crippen LogP contribution in [-0.4, -0.2) is 38.7 Å². The predicted octanol–water partition coefficient (Wildman–Crippen LogP) is 2.85. The minimum absolute atomic E-state index is 0. The molecule has 0 bridgehead atoms.